The highest BCUT2D eigenvalue weighted by Gasteiger charge is 1.96. The number of carboxylic acids is 1. The predicted octanol–water partition coefficient (Wildman–Crippen LogP) is 10.5. The molecule has 0 aromatic heterocycles. The molecule has 0 unspecified atom stereocenters. The Hall–Kier alpha value is -5.52. The van der Waals surface area contributed by atoms with Gasteiger partial charge in [0.2, 0.25) is 0 Å². The molecule has 3 aromatic rings. The van der Waals surface area contributed by atoms with E-state index in [0.29, 0.717) is 31.7 Å². The monoisotopic (exact) mass is 788 g/mol. The van der Waals surface area contributed by atoms with E-state index in [4.69, 9.17) is 34.8 Å². The predicted molar refractivity (Wildman–Crippen MR) is 222 cm³/mol. The zero-order chi connectivity index (χ0) is 42.9. The second kappa shape index (κ2) is 64.4. The Bertz CT molecular complexity index is 1010. The first-order valence-electron chi connectivity index (χ1n) is 19.0. The fraction of sp³-hybridized carbons (Fsp3) is 0.455. The highest BCUT2D eigenvalue weighted by atomic mass is 16.5. The van der Waals surface area contributed by atoms with E-state index in [-0.39, 0.29) is 19.4 Å². The van der Waals surface area contributed by atoms with Crippen LogP contribution in [0.4, 0.5) is 0 Å². The first-order valence-corrected chi connectivity index (χ1v) is 19.0. The summed E-state index contributed by atoms with van der Waals surface area (Å²) in [5.41, 5.74) is 0.331. The van der Waals surface area contributed by atoms with Crippen LogP contribution in [0.1, 0.15) is 127 Å². The van der Waals surface area contributed by atoms with Crippen LogP contribution < -0.4 is 0 Å². The van der Waals surface area contributed by atoms with E-state index in [1.807, 2.05) is 72.8 Å². The summed E-state index contributed by atoms with van der Waals surface area (Å²) in [6.45, 7) is 5.97. The van der Waals surface area contributed by atoms with Crippen molar-refractivity contribution >= 4 is 38.3 Å². The number of carbonyl (C=O) groups is 6. The van der Waals surface area contributed by atoms with Crippen molar-refractivity contribution in [2.45, 2.75) is 117 Å². The molecule has 3 rings (SSSR count). The fourth-order valence-corrected chi connectivity index (χ4v) is 4.09. The first-order chi connectivity index (χ1) is 27.4. The zero-order valence-corrected chi connectivity index (χ0v) is 33.5. The topological polar surface area (TPSA) is 202 Å². The molecule has 0 heterocycles. The highest BCUT2D eigenvalue weighted by molar-refractivity contribution is 5.87. The standard InChI is InChI=1S/2C11H22O2.C7H6O2.2C6H6.3CH2O2/c2*1-2-3-4-5-6-7-8-9-10-13-11-12;8-7(9)6-4-2-1-3-5-6;2*1-2-4-6-5-3-1;3*2-1-3/h2*11H,2-10H2,1H3;1-5H,(H,8,9);2*1-6H;3*1H,(H,2,3). The molecule has 0 fully saturated rings. The van der Waals surface area contributed by atoms with Crippen LogP contribution in [0, 0.1) is 0 Å². The Balaban J connectivity index is -0.000000187. The number of unbranched alkanes of at least 4 members (excludes halogenated alkanes) is 14. The summed E-state index contributed by atoms with van der Waals surface area (Å²) in [4.78, 5) is 54.9. The van der Waals surface area contributed by atoms with Crippen molar-refractivity contribution in [2.24, 2.45) is 0 Å². The number of carboxylic acid groups (broad SMARTS) is 4. The average Bonchev–Trinajstić information content (AvgIpc) is 3.23. The van der Waals surface area contributed by atoms with Gasteiger partial charge in [0.15, 0.2) is 0 Å². The van der Waals surface area contributed by atoms with Crippen LogP contribution in [0.25, 0.3) is 0 Å². The fourth-order valence-electron chi connectivity index (χ4n) is 4.09. The minimum Gasteiger partial charge on any atom is -0.483 e. The summed E-state index contributed by atoms with van der Waals surface area (Å²) in [7, 11) is 0. The molecule has 0 bridgehead atoms. The minimum absolute atomic E-state index is 0.250. The molecular formula is C44H68O12. The van der Waals surface area contributed by atoms with Crippen LogP contribution in [0.2, 0.25) is 0 Å². The molecule has 0 saturated carbocycles. The largest absolute Gasteiger partial charge is 0.483 e. The van der Waals surface area contributed by atoms with Crippen LogP contribution in [-0.4, -0.2) is 72.0 Å². The summed E-state index contributed by atoms with van der Waals surface area (Å²) in [6, 6.07) is 32.3. The maximum Gasteiger partial charge on any atom is 0.335 e. The number of aromatic carboxylic acids is 1. The molecule has 56 heavy (non-hydrogen) atoms. The van der Waals surface area contributed by atoms with Gasteiger partial charge in [-0.25, -0.2) is 4.79 Å². The maximum atomic E-state index is 10.2. The molecule has 0 aliphatic heterocycles. The van der Waals surface area contributed by atoms with E-state index in [0.717, 1.165) is 12.8 Å². The van der Waals surface area contributed by atoms with Gasteiger partial charge in [0.1, 0.15) is 0 Å². The molecule has 0 aliphatic rings. The number of hydrogen-bond donors (Lipinski definition) is 4. The second-order valence-corrected chi connectivity index (χ2v) is 11.2. The third kappa shape index (κ3) is 73.8. The van der Waals surface area contributed by atoms with Crippen molar-refractivity contribution < 1.29 is 58.7 Å². The summed E-state index contributed by atoms with van der Waals surface area (Å²) in [5.74, 6) is -0.879. The molecule has 0 radical (unpaired) electrons. The number of hydrogen-bond acceptors (Lipinski definition) is 8. The molecule has 3 aromatic carbocycles. The number of carbonyl (C=O) groups excluding carboxylic acids is 2. The van der Waals surface area contributed by atoms with Gasteiger partial charge in [-0.15, -0.1) is 0 Å². The second-order valence-electron chi connectivity index (χ2n) is 11.2. The molecule has 0 saturated heterocycles. The summed E-state index contributed by atoms with van der Waals surface area (Å²) >= 11 is 0. The van der Waals surface area contributed by atoms with Gasteiger partial charge in [-0.1, -0.05) is 195 Å². The summed E-state index contributed by atoms with van der Waals surface area (Å²) in [6.07, 6.45) is 20.5. The molecule has 12 nitrogen and oxygen atoms in total. The molecule has 0 spiro atoms. The van der Waals surface area contributed by atoms with Gasteiger partial charge in [0, 0.05) is 0 Å². The van der Waals surface area contributed by atoms with E-state index in [1.54, 1.807) is 30.3 Å². The van der Waals surface area contributed by atoms with Gasteiger partial charge in [-0.2, -0.15) is 0 Å². The third-order valence-corrected chi connectivity index (χ3v) is 6.72. The Morgan fingerprint density at radius 2 is 0.643 bits per heavy atom. The molecule has 0 aliphatic carbocycles. The lowest BCUT2D eigenvalue weighted by Gasteiger charge is -2.00. The van der Waals surface area contributed by atoms with Crippen molar-refractivity contribution in [3.63, 3.8) is 0 Å². The van der Waals surface area contributed by atoms with Gasteiger partial charge in [-0.3, -0.25) is 24.0 Å². The average molecular weight is 789 g/mol. The molecule has 316 valence electrons. The molecule has 4 N–H and O–H groups in total. The Kier molecular flexibility index (Phi) is 68.8. The lowest BCUT2D eigenvalue weighted by Crippen LogP contribution is -1.93. The normalized spacial score (nSPS) is 8.39. The highest BCUT2D eigenvalue weighted by Crippen LogP contribution is 2.09. The van der Waals surface area contributed by atoms with E-state index in [1.165, 1.54) is 89.9 Å². The van der Waals surface area contributed by atoms with Crippen molar-refractivity contribution in [2.75, 3.05) is 13.2 Å². The van der Waals surface area contributed by atoms with Crippen LogP contribution in [-0.2, 0) is 33.4 Å². The van der Waals surface area contributed by atoms with Crippen LogP contribution in [0.3, 0.4) is 0 Å². The Labute approximate surface area is 334 Å². The molecule has 12 heteroatoms. The number of benzene rings is 3. The first kappa shape index (κ1) is 59.7. The van der Waals surface area contributed by atoms with Gasteiger partial charge in [0.05, 0.1) is 18.8 Å². The lowest BCUT2D eigenvalue weighted by molar-refractivity contribution is -0.129. The van der Waals surface area contributed by atoms with Crippen molar-refractivity contribution in [3.05, 3.63) is 109 Å². The Morgan fingerprint density at radius 3 is 0.839 bits per heavy atom. The zero-order valence-electron chi connectivity index (χ0n) is 33.5. The van der Waals surface area contributed by atoms with Crippen LogP contribution in [0.15, 0.2) is 103 Å². The maximum absolute atomic E-state index is 10.2. The molecule has 0 amide bonds. The van der Waals surface area contributed by atoms with Gasteiger partial charge >= 0.3 is 5.97 Å². The Morgan fingerprint density at radius 1 is 0.429 bits per heavy atom. The van der Waals surface area contributed by atoms with Gasteiger partial charge in [0.25, 0.3) is 32.4 Å². The molecule has 0 atom stereocenters. The van der Waals surface area contributed by atoms with Crippen LogP contribution >= 0.6 is 0 Å². The SMILES string of the molecule is CCCCCCCCCCOC=O.CCCCCCCCCCOC=O.O=C(O)c1ccccc1.O=CO.O=CO.O=CO.c1ccccc1.c1ccccc1. The summed E-state index contributed by atoms with van der Waals surface area (Å²) in [5, 5.41) is 29.1. The van der Waals surface area contributed by atoms with E-state index in [2.05, 4.69) is 23.3 Å². The van der Waals surface area contributed by atoms with E-state index in [9.17, 15) is 14.4 Å². The quantitative estimate of drug-likeness (QED) is 0.0588. The van der Waals surface area contributed by atoms with Crippen molar-refractivity contribution in [3.8, 4) is 0 Å². The lowest BCUT2D eigenvalue weighted by atomic mass is 10.1. The van der Waals surface area contributed by atoms with Gasteiger partial charge < -0.3 is 29.9 Å². The van der Waals surface area contributed by atoms with Crippen LogP contribution in [0.5, 0.6) is 0 Å². The molecular weight excluding hydrogens is 720 g/mol. The number of rotatable bonds is 21. The minimum atomic E-state index is -0.879. The third-order valence-electron chi connectivity index (χ3n) is 6.72. The van der Waals surface area contributed by atoms with E-state index < -0.39 is 5.97 Å². The van der Waals surface area contributed by atoms with Crippen molar-refractivity contribution in [1.82, 2.24) is 0 Å². The smallest absolute Gasteiger partial charge is 0.335 e. The van der Waals surface area contributed by atoms with E-state index >= 15 is 0 Å². The van der Waals surface area contributed by atoms with Gasteiger partial charge in [-0.05, 0) is 25.0 Å². The van der Waals surface area contributed by atoms with Crippen molar-refractivity contribution in [1.29, 1.82) is 0 Å². The number of ether oxygens (including phenoxy) is 2. The summed E-state index contributed by atoms with van der Waals surface area (Å²) < 4.78 is 9.20.